The first-order valence-electron chi connectivity index (χ1n) is 8.07. The molecule has 0 bridgehead atoms. The highest BCUT2D eigenvalue weighted by molar-refractivity contribution is 5.87. The fraction of sp³-hybridized carbons (Fsp3) is 0.474. The van der Waals surface area contributed by atoms with E-state index in [1.54, 1.807) is 0 Å². The number of hydrogen-bond donors (Lipinski definition) is 1. The molecule has 0 unspecified atom stereocenters. The fourth-order valence-corrected chi connectivity index (χ4v) is 2.78. The van der Waals surface area contributed by atoms with Gasteiger partial charge in [-0.25, -0.2) is 0 Å². The summed E-state index contributed by atoms with van der Waals surface area (Å²) in [6, 6.07) is 12.6. The SMILES string of the molecule is CCCCCN(Cc1c(O)ccc2ccccc12)C(C)C. The highest BCUT2D eigenvalue weighted by Gasteiger charge is 2.14. The van der Waals surface area contributed by atoms with Crippen molar-refractivity contribution < 1.29 is 5.11 Å². The van der Waals surface area contributed by atoms with Crippen LogP contribution in [-0.2, 0) is 6.54 Å². The Labute approximate surface area is 128 Å². The molecule has 0 aliphatic carbocycles. The molecular weight excluding hydrogens is 258 g/mol. The molecule has 0 aliphatic rings. The number of phenolic OH excluding ortho intramolecular Hbond substituents is 1. The minimum atomic E-state index is 0.412. The number of fused-ring (bicyclic) bond motifs is 1. The summed E-state index contributed by atoms with van der Waals surface area (Å²) >= 11 is 0. The Morgan fingerprint density at radius 1 is 1.05 bits per heavy atom. The molecule has 0 heterocycles. The van der Waals surface area contributed by atoms with Crippen LogP contribution in [0, 0.1) is 0 Å². The summed E-state index contributed by atoms with van der Waals surface area (Å²) in [5.74, 6) is 0.412. The predicted octanol–water partition coefficient (Wildman–Crippen LogP) is 4.95. The van der Waals surface area contributed by atoms with Crippen LogP contribution < -0.4 is 0 Å². The summed E-state index contributed by atoms with van der Waals surface area (Å²) in [6.07, 6.45) is 3.73. The first-order chi connectivity index (χ1) is 10.1. The van der Waals surface area contributed by atoms with E-state index in [2.05, 4.69) is 37.8 Å². The summed E-state index contributed by atoms with van der Waals surface area (Å²) in [5, 5.41) is 12.6. The van der Waals surface area contributed by atoms with Gasteiger partial charge in [-0.05, 0) is 43.7 Å². The standard InChI is InChI=1S/C19H27NO/c1-4-5-8-13-20(15(2)3)14-18-17-10-7-6-9-16(17)11-12-19(18)21/h6-7,9-12,15,21H,4-5,8,13-14H2,1-3H3. The number of rotatable bonds is 7. The minimum Gasteiger partial charge on any atom is -0.508 e. The van der Waals surface area contributed by atoms with Crippen LogP contribution in [0.3, 0.4) is 0 Å². The Balaban J connectivity index is 2.25. The van der Waals surface area contributed by atoms with Crippen LogP contribution in [0.1, 0.15) is 45.6 Å². The fourth-order valence-electron chi connectivity index (χ4n) is 2.78. The molecule has 0 fully saturated rings. The van der Waals surface area contributed by atoms with Crippen molar-refractivity contribution >= 4 is 10.8 Å². The number of nitrogens with zero attached hydrogens (tertiary/aromatic N) is 1. The lowest BCUT2D eigenvalue weighted by atomic mass is 10.0. The number of benzene rings is 2. The molecule has 2 nitrogen and oxygen atoms in total. The van der Waals surface area contributed by atoms with Gasteiger partial charge in [0.25, 0.3) is 0 Å². The van der Waals surface area contributed by atoms with E-state index in [0.29, 0.717) is 11.8 Å². The van der Waals surface area contributed by atoms with Crippen LogP contribution in [0.4, 0.5) is 0 Å². The second-order valence-electron chi connectivity index (χ2n) is 6.06. The molecule has 0 aliphatic heterocycles. The van der Waals surface area contributed by atoms with E-state index in [0.717, 1.165) is 18.7 Å². The smallest absolute Gasteiger partial charge is 0.120 e. The number of hydrogen-bond acceptors (Lipinski definition) is 2. The van der Waals surface area contributed by atoms with E-state index in [9.17, 15) is 5.11 Å². The molecule has 0 spiro atoms. The van der Waals surface area contributed by atoms with Gasteiger partial charge in [-0.1, -0.05) is 50.1 Å². The summed E-state index contributed by atoms with van der Waals surface area (Å²) in [4.78, 5) is 2.46. The van der Waals surface area contributed by atoms with Gasteiger partial charge in [-0.15, -0.1) is 0 Å². The van der Waals surface area contributed by atoms with E-state index >= 15 is 0 Å². The third-order valence-electron chi connectivity index (χ3n) is 4.16. The number of unbranched alkanes of at least 4 members (excludes halogenated alkanes) is 2. The lowest BCUT2D eigenvalue weighted by Gasteiger charge is -2.27. The average molecular weight is 285 g/mol. The molecule has 2 aromatic rings. The number of aromatic hydroxyl groups is 1. The summed E-state index contributed by atoms with van der Waals surface area (Å²) in [5.41, 5.74) is 1.05. The largest absolute Gasteiger partial charge is 0.508 e. The second-order valence-corrected chi connectivity index (χ2v) is 6.06. The van der Waals surface area contributed by atoms with Gasteiger partial charge in [-0.3, -0.25) is 4.90 Å². The van der Waals surface area contributed by atoms with Gasteiger partial charge in [0.2, 0.25) is 0 Å². The normalized spacial score (nSPS) is 11.7. The topological polar surface area (TPSA) is 23.5 Å². The van der Waals surface area contributed by atoms with Crippen molar-refractivity contribution in [3.05, 3.63) is 42.0 Å². The third-order valence-corrected chi connectivity index (χ3v) is 4.16. The molecule has 0 radical (unpaired) electrons. The minimum absolute atomic E-state index is 0.412. The Hall–Kier alpha value is -1.54. The third kappa shape index (κ3) is 3.98. The van der Waals surface area contributed by atoms with E-state index in [1.165, 1.54) is 30.0 Å². The van der Waals surface area contributed by atoms with E-state index in [-0.39, 0.29) is 0 Å². The molecule has 2 heteroatoms. The molecule has 2 aromatic carbocycles. The van der Waals surface area contributed by atoms with Crippen LogP contribution in [0.2, 0.25) is 0 Å². The van der Waals surface area contributed by atoms with Gasteiger partial charge in [-0.2, -0.15) is 0 Å². The van der Waals surface area contributed by atoms with Crippen molar-refractivity contribution in [3.63, 3.8) is 0 Å². The Morgan fingerprint density at radius 2 is 1.81 bits per heavy atom. The highest BCUT2D eigenvalue weighted by atomic mass is 16.3. The average Bonchev–Trinajstić information content (AvgIpc) is 2.48. The van der Waals surface area contributed by atoms with Crippen molar-refractivity contribution in [3.8, 4) is 5.75 Å². The molecule has 0 saturated carbocycles. The molecular formula is C19H27NO. The zero-order chi connectivity index (χ0) is 15.2. The lowest BCUT2D eigenvalue weighted by molar-refractivity contribution is 0.207. The van der Waals surface area contributed by atoms with Gasteiger partial charge in [0.05, 0.1) is 0 Å². The van der Waals surface area contributed by atoms with E-state index < -0.39 is 0 Å². The second kappa shape index (κ2) is 7.46. The van der Waals surface area contributed by atoms with Crippen LogP contribution in [0.5, 0.6) is 5.75 Å². The van der Waals surface area contributed by atoms with Gasteiger partial charge in [0, 0.05) is 18.2 Å². The monoisotopic (exact) mass is 285 g/mol. The zero-order valence-electron chi connectivity index (χ0n) is 13.5. The maximum atomic E-state index is 10.3. The van der Waals surface area contributed by atoms with Gasteiger partial charge < -0.3 is 5.11 Å². The lowest BCUT2D eigenvalue weighted by Crippen LogP contribution is -2.31. The molecule has 21 heavy (non-hydrogen) atoms. The van der Waals surface area contributed by atoms with Crippen molar-refractivity contribution in [2.24, 2.45) is 0 Å². The van der Waals surface area contributed by atoms with E-state index in [4.69, 9.17) is 0 Å². The molecule has 1 N–H and O–H groups in total. The molecule has 0 aromatic heterocycles. The molecule has 0 atom stereocenters. The Kier molecular flexibility index (Phi) is 5.63. The zero-order valence-corrected chi connectivity index (χ0v) is 13.5. The van der Waals surface area contributed by atoms with Crippen molar-refractivity contribution in [1.82, 2.24) is 4.90 Å². The Bertz CT molecular complexity index is 577. The van der Waals surface area contributed by atoms with Gasteiger partial charge >= 0.3 is 0 Å². The maximum Gasteiger partial charge on any atom is 0.120 e. The summed E-state index contributed by atoms with van der Waals surface area (Å²) in [6.45, 7) is 8.60. The molecule has 114 valence electrons. The predicted molar refractivity (Wildman–Crippen MR) is 90.7 cm³/mol. The van der Waals surface area contributed by atoms with Crippen LogP contribution in [-0.4, -0.2) is 22.6 Å². The van der Waals surface area contributed by atoms with Crippen molar-refractivity contribution in [2.45, 2.75) is 52.6 Å². The van der Waals surface area contributed by atoms with Crippen LogP contribution >= 0.6 is 0 Å². The van der Waals surface area contributed by atoms with Crippen LogP contribution in [0.15, 0.2) is 36.4 Å². The summed E-state index contributed by atoms with van der Waals surface area (Å²) in [7, 11) is 0. The quantitative estimate of drug-likeness (QED) is 0.728. The molecule has 2 rings (SSSR count). The summed E-state index contributed by atoms with van der Waals surface area (Å²) < 4.78 is 0. The first kappa shape index (κ1) is 15.8. The molecule has 0 saturated heterocycles. The Morgan fingerprint density at radius 3 is 2.52 bits per heavy atom. The van der Waals surface area contributed by atoms with Crippen molar-refractivity contribution in [1.29, 1.82) is 0 Å². The maximum absolute atomic E-state index is 10.3. The first-order valence-corrected chi connectivity index (χ1v) is 8.07. The molecule has 0 amide bonds. The highest BCUT2D eigenvalue weighted by Crippen LogP contribution is 2.28. The van der Waals surface area contributed by atoms with Gasteiger partial charge in [0.15, 0.2) is 0 Å². The number of phenols is 1. The van der Waals surface area contributed by atoms with E-state index in [1.807, 2.05) is 24.3 Å². The van der Waals surface area contributed by atoms with Crippen LogP contribution in [0.25, 0.3) is 10.8 Å². The van der Waals surface area contributed by atoms with Gasteiger partial charge in [0.1, 0.15) is 5.75 Å². The van der Waals surface area contributed by atoms with Crippen molar-refractivity contribution in [2.75, 3.05) is 6.54 Å².